The first-order chi connectivity index (χ1) is 7.19. The van der Waals surface area contributed by atoms with E-state index < -0.39 is 0 Å². The zero-order valence-corrected chi connectivity index (χ0v) is 9.55. The van der Waals surface area contributed by atoms with E-state index in [0.717, 1.165) is 5.75 Å². The smallest absolute Gasteiger partial charge is 0.124 e. The summed E-state index contributed by atoms with van der Waals surface area (Å²) in [5.41, 5.74) is 2.84. The van der Waals surface area contributed by atoms with Gasteiger partial charge in [-0.1, -0.05) is 18.6 Å². The summed E-state index contributed by atoms with van der Waals surface area (Å²) in [6.07, 6.45) is 5.19. The Labute approximate surface area is 91.5 Å². The highest BCUT2D eigenvalue weighted by atomic mass is 16.5. The van der Waals surface area contributed by atoms with Crippen LogP contribution in [-0.2, 0) is 0 Å². The second-order valence-corrected chi connectivity index (χ2v) is 5.25. The lowest BCUT2D eigenvalue weighted by molar-refractivity contribution is 0.0548. The molecule has 1 aromatic carbocycles. The van der Waals surface area contributed by atoms with Crippen molar-refractivity contribution in [1.82, 2.24) is 0 Å². The molecule has 0 saturated heterocycles. The molecule has 0 aromatic heterocycles. The van der Waals surface area contributed by atoms with E-state index in [4.69, 9.17) is 4.74 Å². The van der Waals surface area contributed by atoms with Crippen LogP contribution < -0.4 is 4.74 Å². The third-order valence-electron chi connectivity index (χ3n) is 4.04. The highest BCUT2D eigenvalue weighted by Crippen LogP contribution is 2.51. The van der Waals surface area contributed by atoms with Gasteiger partial charge in [0.15, 0.2) is 0 Å². The molecular weight excluding hydrogens is 184 g/mol. The average Bonchev–Trinajstić information content (AvgIpc) is 2.48. The van der Waals surface area contributed by atoms with Crippen LogP contribution in [0.3, 0.4) is 0 Å². The topological polar surface area (TPSA) is 9.23 Å². The number of ether oxygens (including phenoxy) is 1. The summed E-state index contributed by atoms with van der Waals surface area (Å²) < 4.78 is 6.18. The second kappa shape index (κ2) is 3.01. The molecule has 1 fully saturated rings. The van der Waals surface area contributed by atoms with Gasteiger partial charge in [0.25, 0.3) is 0 Å². The van der Waals surface area contributed by atoms with Crippen LogP contribution in [0.25, 0.3) is 0 Å². The van der Waals surface area contributed by atoms with Gasteiger partial charge in [-0.15, -0.1) is 0 Å². The van der Waals surface area contributed by atoms with Crippen LogP contribution in [0, 0.1) is 6.92 Å². The fourth-order valence-electron chi connectivity index (χ4n) is 3.18. The molecule has 0 spiro atoms. The Balaban J connectivity index is 2.07. The molecule has 2 aliphatic rings. The Morgan fingerprint density at radius 3 is 3.07 bits per heavy atom. The van der Waals surface area contributed by atoms with Crippen molar-refractivity contribution in [2.75, 3.05) is 0 Å². The summed E-state index contributed by atoms with van der Waals surface area (Å²) in [4.78, 5) is 0. The molecule has 0 amide bonds. The van der Waals surface area contributed by atoms with Crippen LogP contribution in [0.15, 0.2) is 18.2 Å². The molecule has 1 heteroatoms. The summed E-state index contributed by atoms with van der Waals surface area (Å²) in [7, 11) is 0. The SMILES string of the molecule is Cc1ccc2c(c1)O[C@@]1(C)CCCC[C@@H]21. The molecule has 0 radical (unpaired) electrons. The van der Waals surface area contributed by atoms with Gasteiger partial charge in [0.1, 0.15) is 11.4 Å². The standard InChI is InChI=1S/C14H18O/c1-10-6-7-11-12-5-3-4-8-14(12,2)15-13(11)9-10/h6-7,9,12H,3-5,8H2,1-2H3/t12-,14-/m0/s1. The Kier molecular flexibility index (Phi) is 1.86. The van der Waals surface area contributed by atoms with Gasteiger partial charge in [-0.2, -0.15) is 0 Å². The zero-order chi connectivity index (χ0) is 10.5. The van der Waals surface area contributed by atoms with Gasteiger partial charge in [0.05, 0.1) is 0 Å². The van der Waals surface area contributed by atoms with E-state index in [1.807, 2.05) is 0 Å². The van der Waals surface area contributed by atoms with Crippen molar-refractivity contribution in [2.45, 2.75) is 51.0 Å². The van der Waals surface area contributed by atoms with Crippen LogP contribution in [-0.4, -0.2) is 5.60 Å². The maximum Gasteiger partial charge on any atom is 0.124 e. The molecule has 15 heavy (non-hydrogen) atoms. The third-order valence-corrected chi connectivity index (χ3v) is 4.04. The van der Waals surface area contributed by atoms with Crippen LogP contribution in [0.4, 0.5) is 0 Å². The molecule has 1 heterocycles. The molecule has 0 N–H and O–H groups in total. The van der Waals surface area contributed by atoms with Gasteiger partial charge >= 0.3 is 0 Å². The minimum atomic E-state index is 0.0916. The van der Waals surface area contributed by atoms with Gasteiger partial charge in [-0.25, -0.2) is 0 Å². The minimum Gasteiger partial charge on any atom is -0.487 e. The lowest BCUT2D eigenvalue weighted by atomic mass is 9.75. The maximum absolute atomic E-state index is 6.18. The molecule has 1 aliphatic carbocycles. The van der Waals surface area contributed by atoms with Crippen LogP contribution >= 0.6 is 0 Å². The van der Waals surface area contributed by atoms with Crippen molar-refractivity contribution in [2.24, 2.45) is 0 Å². The molecule has 1 saturated carbocycles. The highest BCUT2D eigenvalue weighted by Gasteiger charge is 2.45. The van der Waals surface area contributed by atoms with E-state index in [0.29, 0.717) is 5.92 Å². The van der Waals surface area contributed by atoms with Crippen molar-refractivity contribution >= 4 is 0 Å². The number of fused-ring (bicyclic) bond motifs is 3. The van der Waals surface area contributed by atoms with Crippen molar-refractivity contribution in [3.8, 4) is 5.75 Å². The van der Waals surface area contributed by atoms with Crippen LogP contribution in [0.2, 0.25) is 0 Å². The van der Waals surface area contributed by atoms with Crippen molar-refractivity contribution in [3.63, 3.8) is 0 Å². The van der Waals surface area contributed by atoms with Gasteiger partial charge in [-0.3, -0.25) is 0 Å². The van der Waals surface area contributed by atoms with E-state index in [1.165, 1.54) is 36.8 Å². The number of aryl methyl sites for hydroxylation is 1. The molecule has 0 unspecified atom stereocenters. The lowest BCUT2D eigenvalue weighted by Gasteiger charge is -2.34. The molecule has 3 rings (SSSR count). The summed E-state index contributed by atoms with van der Waals surface area (Å²) in [6.45, 7) is 4.42. The molecule has 1 nitrogen and oxygen atoms in total. The molecular formula is C14H18O. The van der Waals surface area contributed by atoms with E-state index in [1.54, 1.807) is 0 Å². The summed E-state index contributed by atoms with van der Waals surface area (Å²) >= 11 is 0. The van der Waals surface area contributed by atoms with Gasteiger partial charge in [0, 0.05) is 11.5 Å². The van der Waals surface area contributed by atoms with E-state index in [9.17, 15) is 0 Å². The first-order valence-corrected chi connectivity index (χ1v) is 5.99. The lowest BCUT2D eigenvalue weighted by Crippen LogP contribution is -2.36. The number of hydrogen-bond acceptors (Lipinski definition) is 1. The largest absolute Gasteiger partial charge is 0.487 e. The zero-order valence-electron chi connectivity index (χ0n) is 9.55. The maximum atomic E-state index is 6.18. The fraction of sp³-hybridized carbons (Fsp3) is 0.571. The summed E-state index contributed by atoms with van der Waals surface area (Å²) in [5, 5.41) is 0. The first-order valence-electron chi connectivity index (χ1n) is 5.99. The summed E-state index contributed by atoms with van der Waals surface area (Å²) in [5.74, 6) is 1.78. The predicted octanol–water partition coefficient (Wildman–Crippen LogP) is 3.80. The van der Waals surface area contributed by atoms with E-state index in [2.05, 4.69) is 32.0 Å². The predicted molar refractivity (Wildman–Crippen MR) is 61.4 cm³/mol. The molecule has 1 aromatic rings. The number of benzene rings is 1. The minimum absolute atomic E-state index is 0.0916. The number of hydrogen-bond donors (Lipinski definition) is 0. The molecule has 2 atom stereocenters. The van der Waals surface area contributed by atoms with Gasteiger partial charge in [0.2, 0.25) is 0 Å². The van der Waals surface area contributed by atoms with Crippen molar-refractivity contribution < 1.29 is 4.74 Å². The Bertz CT molecular complexity index is 396. The quantitative estimate of drug-likeness (QED) is 0.621. The van der Waals surface area contributed by atoms with Crippen molar-refractivity contribution in [3.05, 3.63) is 29.3 Å². The Morgan fingerprint density at radius 1 is 1.33 bits per heavy atom. The fourth-order valence-corrected chi connectivity index (χ4v) is 3.18. The van der Waals surface area contributed by atoms with E-state index in [-0.39, 0.29) is 5.60 Å². The summed E-state index contributed by atoms with van der Waals surface area (Å²) in [6, 6.07) is 6.67. The van der Waals surface area contributed by atoms with Crippen molar-refractivity contribution in [1.29, 1.82) is 0 Å². The average molecular weight is 202 g/mol. The second-order valence-electron chi connectivity index (χ2n) is 5.25. The van der Waals surface area contributed by atoms with Crippen LogP contribution in [0.5, 0.6) is 5.75 Å². The molecule has 1 aliphatic heterocycles. The third kappa shape index (κ3) is 1.29. The molecule has 0 bridgehead atoms. The van der Waals surface area contributed by atoms with Crippen LogP contribution in [0.1, 0.15) is 49.7 Å². The van der Waals surface area contributed by atoms with Gasteiger partial charge in [-0.05, 0) is 44.7 Å². The van der Waals surface area contributed by atoms with E-state index >= 15 is 0 Å². The van der Waals surface area contributed by atoms with Gasteiger partial charge < -0.3 is 4.74 Å². The Morgan fingerprint density at radius 2 is 2.20 bits per heavy atom. The first kappa shape index (κ1) is 9.26. The molecule has 80 valence electrons. The Hall–Kier alpha value is -0.980. The highest BCUT2D eigenvalue weighted by molar-refractivity contribution is 5.45. The number of rotatable bonds is 0. The normalized spacial score (nSPS) is 33.1. The monoisotopic (exact) mass is 202 g/mol.